The fraction of sp³-hybridized carbons (Fsp3) is 0.667. The van der Waals surface area contributed by atoms with E-state index >= 15 is 0 Å². The topological polar surface area (TPSA) is 149 Å². The Morgan fingerprint density at radius 2 is 1.83 bits per heavy atom. The predicted molar refractivity (Wildman–Crippen MR) is 91.2 cm³/mol. The molecule has 1 amide bonds. The highest BCUT2D eigenvalue weighted by Gasteiger charge is 2.47. The van der Waals surface area contributed by atoms with Gasteiger partial charge in [0.2, 0.25) is 11.7 Å². The zero-order valence-corrected chi connectivity index (χ0v) is 15.1. The van der Waals surface area contributed by atoms with Crippen LogP contribution in [-0.2, 0) is 14.6 Å². The summed E-state index contributed by atoms with van der Waals surface area (Å²) in [6.07, 6.45) is 2.23. The lowest BCUT2D eigenvalue weighted by Gasteiger charge is -2.26. The number of hydrogen-bond acceptors (Lipinski definition) is 6. The number of aromatic amines is 1. The van der Waals surface area contributed by atoms with E-state index in [0.717, 1.165) is 0 Å². The molecule has 0 aliphatic carbocycles. The average molecular weight is 358 g/mol. The third kappa shape index (κ3) is 4.41. The summed E-state index contributed by atoms with van der Waals surface area (Å²) in [5.74, 6) is -2.89. The Bertz CT molecular complexity index is 692. The molecule has 24 heavy (non-hydrogen) atoms. The lowest BCUT2D eigenvalue weighted by molar-refractivity contribution is -0.120. The molecule has 1 rings (SSSR count). The third-order valence-electron chi connectivity index (χ3n) is 3.94. The molecule has 0 radical (unpaired) electrons. The number of nitrogens with one attached hydrogen (secondary N) is 1. The zero-order valence-electron chi connectivity index (χ0n) is 14.3. The highest BCUT2D eigenvalue weighted by atomic mass is 32.2. The molecule has 1 heterocycles. The molecule has 1 aromatic heterocycles. The summed E-state index contributed by atoms with van der Waals surface area (Å²) in [5, 5.41) is 5.66. The number of Topliss-reactive ketones (excluding diaryl/α,β-unsaturated/α-hetero) is 1. The van der Waals surface area contributed by atoms with E-state index in [0.29, 0.717) is 31.4 Å². The van der Waals surface area contributed by atoms with Gasteiger partial charge in [0.1, 0.15) is 5.69 Å². The molecule has 0 aliphatic heterocycles. The Hall–Kier alpha value is -1.74. The molecule has 0 saturated heterocycles. The van der Waals surface area contributed by atoms with Crippen molar-refractivity contribution in [2.45, 2.75) is 57.2 Å². The van der Waals surface area contributed by atoms with Crippen molar-refractivity contribution in [1.29, 1.82) is 0 Å². The van der Waals surface area contributed by atoms with E-state index in [1.54, 1.807) is 6.92 Å². The number of nitrogens with two attached hydrogens (primary N) is 2. The number of rotatable bonds is 10. The minimum absolute atomic E-state index is 0.105. The summed E-state index contributed by atoms with van der Waals surface area (Å²) >= 11 is 0. The second-order valence-corrected chi connectivity index (χ2v) is 8.39. The van der Waals surface area contributed by atoms with Crippen molar-refractivity contribution in [2.24, 2.45) is 11.5 Å². The Labute approximate surface area is 142 Å². The van der Waals surface area contributed by atoms with Gasteiger partial charge in [-0.15, -0.1) is 0 Å². The number of aryl methyl sites for hydroxylation is 1. The van der Waals surface area contributed by atoms with Gasteiger partial charge in [-0.1, -0.05) is 26.7 Å². The van der Waals surface area contributed by atoms with Crippen molar-refractivity contribution in [3.05, 3.63) is 17.5 Å². The van der Waals surface area contributed by atoms with Gasteiger partial charge in [0.15, 0.2) is 15.4 Å². The van der Waals surface area contributed by atoms with E-state index in [-0.39, 0.29) is 5.69 Å². The SMILES string of the molecule is CCCC(CCC)S(=O)(=O)CC(N)(C(N)=O)C(=O)c1cc(C)[nH]n1. The molecule has 0 fully saturated rings. The molecule has 0 aromatic carbocycles. The minimum atomic E-state index is -3.78. The van der Waals surface area contributed by atoms with E-state index in [9.17, 15) is 18.0 Å². The largest absolute Gasteiger partial charge is 0.368 e. The lowest BCUT2D eigenvalue weighted by atomic mass is 9.94. The van der Waals surface area contributed by atoms with Gasteiger partial charge in [-0.05, 0) is 25.8 Å². The molecule has 1 atom stereocenters. The second kappa shape index (κ2) is 7.89. The van der Waals surface area contributed by atoms with Crippen LogP contribution in [-0.4, -0.2) is 46.8 Å². The molecule has 136 valence electrons. The van der Waals surface area contributed by atoms with Gasteiger partial charge < -0.3 is 11.5 Å². The number of carbonyl (C=O) groups excluding carboxylic acids is 2. The van der Waals surface area contributed by atoms with Gasteiger partial charge in [-0.2, -0.15) is 5.10 Å². The van der Waals surface area contributed by atoms with Crippen molar-refractivity contribution in [1.82, 2.24) is 10.2 Å². The monoisotopic (exact) mass is 358 g/mol. The van der Waals surface area contributed by atoms with Crippen molar-refractivity contribution in [3.8, 4) is 0 Å². The van der Waals surface area contributed by atoms with Gasteiger partial charge >= 0.3 is 0 Å². The molecule has 0 aliphatic rings. The number of aromatic nitrogens is 2. The van der Waals surface area contributed by atoms with Crippen LogP contribution in [0.5, 0.6) is 0 Å². The van der Waals surface area contributed by atoms with Gasteiger partial charge in [0.25, 0.3) is 0 Å². The van der Waals surface area contributed by atoms with Crippen LogP contribution in [0.25, 0.3) is 0 Å². The molecule has 0 bridgehead atoms. The molecule has 9 heteroatoms. The Kier molecular flexibility index (Phi) is 6.67. The summed E-state index contributed by atoms with van der Waals surface area (Å²) in [6, 6.07) is 1.40. The molecular formula is C15H26N4O4S. The summed E-state index contributed by atoms with van der Waals surface area (Å²) in [6.45, 7) is 5.42. The van der Waals surface area contributed by atoms with Crippen LogP contribution in [0.1, 0.15) is 55.7 Å². The number of ketones is 1. The number of amides is 1. The molecule has 8 nitrogen and oxygen atoms in total. The normalized spacial score (nSPS) is 14.5. The van der Waals surface area contributed by atoms with E-state index in [1.807, 2.05) is 13.8 Å². The molecule has 0 spiro atoms. The molecule has 1 aromatic rings. The number of primary amides is 1. The summed E-state index contributed by atoms with van der Waals surface area (Å²) in [4.78, 5) is 24.4. The highest BCUT2D eigenvalue weighted by molar-refractivity contribution is 7.92. The zero-order chi connectivity index (χ0) is 18.5. The Morgan fingerprint density at radius 3 is 2.21 bits per heavy atom. The number of H-pyrrole nitrogens is 1. The molecular weight excluding hydrogens is 332 g/mol. The minimum Gasteiger partial charge on any atom is -0.368 e. The van der Waals surface area contributed by atoms with Crippen LogP contribution in [0.15, 0.2) is 6.07 Å². The average Bonchev–Trinajstić information content (AvgIpc) is 2.92. The smallest absolute Gasteiger partial charge is 0.246 e. The Balaban J connectivity index is 3.19. The van der Waals surface area contributed by atoms with Gasteiger partial charge in [-0.3, -0.25) is 14.7 Å². The lowest BCUT2D eigenvalue weighted by Crippen LogP contribution is -2.63. The fourth-order valence-electron chi connectivity index (χ4n) is 2.59. The number of nitrogens with zero attached hydrogens (tertiary/aromatic N) is 1. The van der Waals surface area contributed by atoms with E-state index in [2.05, 4.69) is 10.2 Å². The van der Waals surface area contributed by atoms with Crippen LogP contribution in [0, 0.1) is 6.92 Å². The van der Waals surface area contributed by atoms with Crippen LogP contribution < -0.4 is 11.5 Å². The van der Waals surface area contributed by atoms with Gasteiger partial charge in [0.05, 0.1) is 11.0 Å². The Morgan fingerprint density at radius 1 is 1.29 bits per heavy atom. The van der Waals surface area contributed by atoms with Crippen LogP contribution in [0.3, 0.4) is 0 Å². The van der Waals surface area contributed by atoms with Crippen LogP contribution in [0.2, 0.25) is 0 Å². The van der Waals surface area contributed by atoms with Crippen molar-refractivity contribution in [2.75, 3.05) is 5.75 Å². The first-order valence-electron chi connectivity index (χ1n) is 7.95. The standard InChI is InChI=1S/C15H26N4O4S/c1-4-6-11(7-5-2)24(22,23)9-15(17,14(16)21)13(20)12-8-10(3)18-19-12/h8,11H,4-7,9,17H2,1-3H3,(H2,16,21)(H,18,19). The number of sulfone groups is 1. The van der Waals surface area contributed by atoms with Gasteiger partial charge in [-0.25, -0.2) is 8.42 Å². The van der Waals surface area contributed by atoms with E-state index in [4.69, 9.17) is 11.5 Å². The summed E-state index contributed by atoms with van der Waals surface area (Å²) < 4.78 is 25.4. The molecule has 0 saturated carbocycles. The van der Waals surface area contributed by atoms with Crippen molar-refractivity contribution < 1.29 is 18.0 Å². The van der Waals surface area contributed by atoms with Crippen LogP contribution >= 0.6 is 0 Å². The highest BCUT2D eigenvalue weighted by Crippen LogP contribution is 2.21. The first kappa shape index (κ1) is 20.3. The maximum atomic E-state index is 12.7. The van der Waals surface area contributed by atoms with E-state index in [1.165, 1.54) is 6.07 Å². The maximum absolute atomic E-state index is 12.7. The summed E-state index contributed by atoms with van der Waals surface area (Å²) in [5.41, 5.74) is 9.32. The fourth-order valence-corrected chi connectivity index (χ4v) is 4.93. The maximum Gasteiger partial charge on any atom is 0.246 e. The summed E-state index contributed by atoms with van der Waals surface area (Å²) in [7, 11) is -3.78. The van der Waals surface area contributed by atoms with E-state index < -0.39 is 38.1 Å². The molecule has 5 N–H and O–H groups in total. The number of hydrogen-bond donors (Lipinski definition) is 3. The molecule has 1 unspecified atom stereocenters. The van der Waals surface area contributed by atoms with Crippen molar-refractivity contribution >= 4 is 21.5 Å². The first-order chi connectivity index (χ1) is 11.1. The first-order valence-corrected chi connectivity index (χ1v) is 9.67. The van der Waals surface area contributed by atoms with Crippen LogP contribution in [0.4, 0.5) is 0 Å². The van der Waals surface area contributed by atoms with Crippen molar-refractivity contribution in [3.63, 3.8) is 0 Å². The third-order valence-corrected chi connectivity index (χ3v) is 6.29. The predicted octanol–water partition coefficient (Wildman–Crippen LogP) is 0.467. The van der Waals surface area contributed by atoms with Gasteiger partial charge in [0, 0.05) is 5.69 Å². The number of carbonyl (C=O) groups is 2. The quantitative estimate of drug-likeness (QED) is 0.409. The second-order valence-electron chi connectivity index (χ2n) is 6.11.